The summed E-state index contributed by atoms with van der Waals surface area (Å²) in [6.07, 6.45) is 0.691. The fraction of sp³-hybridized carbons (Fsp3) is 0.400. The molecule has 0 radical (unpaired) electrons. The molecule has 3 aromatic carbocycles. The zero-order chi connectivity index (χ0) is 34.0. The SMILES string of the molecule is NC(=O)C[C@H](NC(=O)COc1cccc2ccccc12)C(=O)N[C@@H](Cc1ccccc1)[C@H](O)C(=O)N1CSC[C@H]1C(=O)N1CCCCC1. The van der Waals surface area contributed by atoms with Crippen molar-refractivity contribution < 1.29 is 33.8 Å². The Kier molecular flexibility index (Phi) is 11.9. The molecule has 4 atom stereocenters. The number of rotatable bonds is 13. The van der Waals surface area contributed by atoms with E-state index in [2.05, 4.69) is 10.6 Å². The second kappa shape index (κ2) is 16.5. The van der Waals surface area contributed by atoms with E-state index in [-0.39, 0.29) is 18.2 Å². The number of hydrogen-bond acceptors (Lipinski definition) is 8. The largest absolute Gasteiger partial charge is 0.483 e. The summed E-state index contributed by atoms with van der Waals surface area (Å²) in [6, 6.07) is 18.6. The molecule has 2 saturated heterocycles. The second-order valence-corrected chi connectivity index (χ2v) is 13.0. The highest BCUT2D eigenvalue weighted by atomic mass is 32.2. The first-order chi connectivity index (χ1) is 23.2. The predicted octanol–water partition coefficient (Wildman–Crippen LogP) is 1.58. The number of aliphatic hydroxyl groups excluding tert-OH is 1. The number of nitrogens with two attached hydrogens (primary N) is 1. The van der Waals surface area contributed by atoms with E-state index < -0.39 is 60.9 Å². The van der Waals surface area contributed by atoms with Crippen LogP contribution in [-0.4, -0.2) is 100.0 Å². The maximum absolute atomic E-state index is 13.8. The van der Waals surface area contributed by atoms with Crippen LogP contribution >= 0.6 is 11.8 Å². The van der Waals surface area contributed by atoms with E-state index in [1.165, 1.54) is 16.7 Å². The fourth-order valence-corrected chi connectivity index (χ4v) is 7.19. The zero-order valence-corrected chi connectivity index (χ0v) is 27.4. The number of piperidine rings is 1. The minimum Gasteiger partial charge on any atom is -0.483 e. The molecule has 2 aliphatic heterocycles. The lowest BCUT2D eigenvalue weighted by Gasteiger charge is -2.34. The van der Waals surface area contributed by atoms with Crippen molar-refractivity contribution in [2.24, 2.45) is 5.73 Å². The molecule has 2 aliphatic rings. The van der Waals surface area contributed by atoms with Gasteiger partial charge in [-0.2, -0.15) is 0 Å². The van der Waals surface area contributed by atoms with E-state index in [1.807, 2.05) is 36.4 Å². The number of benzene rings is 3. The van der Waals surface area contributed by atoms with Gasteiger partial charge < -0.3 is 36.0 Å². The number of ether oxygens (including phenoxy) is 1. The quantitative estimate of drug-likeness (QED) is 0.212. The van der Waals surface area contributed by atoms with Gasteiger partial charge in [-0.25, -0.2) is 0 Å². The number of carbonyl (C=O) groups is 5. The molecule has 254 valence electrons. The van der Waals surface area contributed by atoms with Crippen molar-refractivity contribution in [3.05, 3.63) is 78.4 Å². The van der Waals surface area contributed by atoms with E-state index in [1.54, 1.807) is 41.3 Å². The Morgan fingerprint density at radius 2 is 1.62 bits per heavy atom. The molecule has 13 heteroatoms. The van der Waals surface area contributed by atoms with Gasteiger partial charge in [0.15, 0.2) is 12.7 Å². The van der Waals surface area contributed by atoms with Crippen LogP contribution in [0.3, 0.4) is 0 Å². The summed E-state index contributed by atoms with van der Waals surface area (Å²) in [5, 5.41) is 18.4. The monoisotopic (exact) mass is 675 g/mol. The summed E-state index contributed by atoms with van der Waals surface area (Å²) >= 11 is 1.43. The Morgan fingerprint density at radius 1 is 0.917 bits per heavy atom. The molecule has 5 rings (SSSR count). The highest BCUT2D eigenvalue weighted by molar-refractivity contribution is 7.99. The number of fused-ring (bicyclic) bond motifs is 1. The molecule has 0 aromatic heterocycles. The summed E-state index contributed by atoms with van der Waals surface area (Å²) in [5.41, 5.74) is 6.16. The van der Waals surface area contributed by atoms with E-state index in [0.717, 1.165) is 35.6 Å². The molecule has 12 nitrogen and oxygen atoms in total. The third-order valence-electron chi connectivity index (χ3n) is 8.54. The van der Waals surface area contributed by atoms with Crippen molar-refractivity contribution in [2.75, 3.05) is 31.3 Å². The zero-order valence-electron chi connectivity index (χ0n) is 26.6. The molecule has 0 saturated carbocycles. The molecule has 5 N–H and O–H groups in total. The Balaban J connectivity index is 1.28. The van der Waals surface area contributed by atoms with Crippen molar-refractivity contribution in [1.82, 2.24) is 20.4 Å². The standard InChI is InChI=1S/C35H41N5O7S/c36-30(41)19-27(37-31(42)20-47-29-15-9-13-24-12-5-6-14-25(24)29)33(44)38-26(18-23-10-3-1-4-11-23)32(43)35(46)40-22-48-21-28(40)34(45)39-16-7-2-8-17-39/h1,3-6,9-15,26-28,32,43H,2,7-8,16-22H2,(H2,36,41)(H,37,42)(H,38,44)/t26-,27-,28-,32-/m0/s1. The van der Waals surface area contributed by atoms with Crippen molar-refractivity contribution in [1.29, 1.82) is 0 Å². The van der Waals surface area contributed by atoms with Gasteiger partial charge >= 0.3 is 0 Å². The Hall–Kier alpha value is -4.62. The number of aliphatic hydroxyl groups is 1. The topological polar surface area (TPSA) is 171 Å². The normalized spacial score (nSPS) is 18.1. The van der Waals surface area contributed by atoms with Crippen LogP contribution in [0.1, 0.15) is 31.2 Å². The van der Waals surface area contributed by atoms with Gasteiger partial charge in [-0.15, -0.1) is 11.8 Å². The highest BCUT2D eigenvalue weighted by Gasteiger charge is 2.42. The Bertz CT molecular complexity index is 1610. The van der Waals surface area contributed by atoms with Gasteiger partial charge in [0.1, 0.15) is 17.8 Å². The molecule has 5 amide bonds. The summed E-state index contributed by atoms with van der Waals surface area (Å²) in [6.45, 7) is 0.832. The van der Waals surface area contributed by atoms with Gasteiger partial charge in [0.2, 0.25) is 17.7 Å². The number of primary amides is 1. The average molecular weight is 676 g/mol. The van der Waals surface area contributed by atoms with E-state index >= 15 is 0 Å². The summed E-state index contributed by atoms with van der Waals surface area (Å²) < 4.78 is 5.74. The number of thioether (sulfide) groups is 1. The van der Waals surface area contributed by atoms with Crippen LogP contribution in [0.4, 0.5) is 0 Å². The first kappa shape index (κ1) is 34.7. The minimum atomic E-state index is -1.72. The number of nitrogens with one attached hydrogen (secondary N) is 2. The third-order valence-corrected chi connectivity index (χ3v) is 9.56. The summed E-state index contributed by atoms with van der Waals surface area (Å²) in [5.74, 6) is -2.03. The van der Waals surface area contributed by atoms with E-state index in [4.69, 9.17) is 10.5 Å². The van der Waals surface area contributed by atoms with Gasteiger partial charge in [0.25, 0.3) is 11.8 Å². The molecule has 2 heterocycles. The first-order valence-electron chi connectivity index (χ1n) is 16.1. The smallest absolute Gasteiger partial charge is 0.258 e. The molecule has 3 aromatic rings. The molecule has 0 spiro atoms. The number of likely N-dealkylation sites (tertiary alicyclic amines) is 1. The van der Waals surface area contributed by atoms with Crippen molar-refractivity contribution in [2.45, 2.75) is 56.3 Å². The summed E-state index contributed by atoms with van der Waals surface area (Å²) in [4.78, 5) is 68.8. The number of carbonyl (C=O) groups excluding carboxylic acids is 5. The second-order valence-electron chi connectivity index (χ2n) is 12.0. The molecular weight excluding hydrogens is 634 g/mol. The maximum Gasteiger partial charge on any atom is 0.258 e. The van der Waals surface area contributed by atoms with Crippen molar-refractivity contribution >= 4 is 52.1 Å². The van der Waals surface area contributed by atoms with Crippen LogP contribution in [0.15, 0.2) is 72.8 Å². The highest BCUT2D eigenvalue weighted by Crippen LogP contribution is 2.26. The first-order valence-corrected chi connectivity index (χ1v) is 17.2. The minimum absolute atomic E-state index is 0.0621. The summed E-state index contributed by atoms with van der Waals surface area (Å²) in [7, 11) is 0. The Morgan fingerprint density at radius 3 is 2.38 bits per heavy atom. The number of hydrogen-bond donors (Lipinski definition) is 4. The molecule has 48 heavy (non-hydrogen) atoms. The van der Waals surface area contributed by atoms with Gasteiger partial charge in [-0.05, 0) is 42.7 Å². The van der Waals surface area contributed by atoms with Crippen LogP contribution in [0.2, 0.25) is 0 Å². The van der Waals surface area contributed by atoms with Crippen molar-refractivity contribution in [3.63, 3.8) is 0 Å². The lowest BCUT2D eigenvalue weighted by Crippen LogP contribution is -2.59. The molecule has 2 fully saturated rings. The van der Waals surface area contributed by atoms with Crippen LogP contribution in [0.5, 0.6) is 5.75 Å². The van der Waals surface area contributed by atoms with Crippen LogP contribution in [0.25, 0.3) is 10.8 Å². The molecule has 0 unspecified atom stereocenters. The molecule has 0 aliphatic carbocycles. The van der Waals surface area contributed by atoms with Gasteiger partial charge in [0.05, 0.1) is 18.3 Å². The lowest BCUT2D eigenvalue weighted by atomic mass is 9.99. The Labute approximate surface area is 283 Å². The van der Waals surface area contributed by atoms with Crippen molar-refractivity contribution in [3.8, 4) is 5.75 Å². The lowest BCUT2D eigenvalue weighted by molar-refractivity contribution is -0.150. The predicted molar refractivity (Wildman–Crippen MR) is 182 cm³/mol. The third kappa shape index (κ3) is 8.84. The van der Waals surface area contributed by atoms with Gasteiger partial charge in [0, 0.05) is 24.2 Å². The number of nitrogens with zero attached hydrogens (tertiary/aromatic N) is 2. The van der Waals surface area contributed by atoms with Crippen LogP contribution < -0.4 is 21.1 Å². The van der Waals surface area contributed by atoms with E-state index in [9.17, 15) is 29.1 Å². The van der Waals surface area contributed by atoms with E-state index in [0.29, 0.717) is 24.6 Å². The maximum atomic E-state index is 13.8. The molecular formula is C35H41N5O7S. The average Bonchev–Trinajstić information content (AvgIpc) is 3.60. The molecule has 0 bridgehead atoms. The fourth-order valence-electron chi connectivity index (χ4n) is 6.04. The van der Waals surface area contributed by atoms with Gasteiger partial charge in [-0.1, -0.05) is 66.7 Å². The van der Waals surface area contributed by atoms with Crippen LogP contribution in [-0.2, 0) is 30.4 Å². The van der Waals surface area contributed by atoms with Gasteiger partial charge in [-0.3, -0.25) is 24.0 Å². The number of amides is 5. The van der Waals surface area contributed by atoms with Crippen LogP contribution in [0, 0.1) is 0 Å².